The molecule has 0 aliphatic heterocycles. The maximum atomic E-state index is 13.3. The fraction of sp³-hybridized carbons (Fsp3) is 0.0667. The Balaban J connectivity index is 2.09. The average molecular weight is 286 g/mol. The fourth-order valence-electron chi connectivity index (χ4n) is 2.07. The van der Waals surface area contributed by atoms with E-state index in [4.69, 9.17) is 5.73 Å². The number of aromatic nitrogens is 3. The predicted octanol–water partition coefficient (Wildman–Crippen LogP) is 3.10. The van der Waals surface area contributed by atoms with Crippen molar-refractivity contribution in [3.63, 3.8) is 0 Å². The summed E-state index contributed by atoms with van der Waals surface area (Å²) in [5, 5.41) is 4.27. The van der Waals surface area contributed by atoms with Gasteiger partial charge >= 0.3 is 0 Å². The van der Waals surface area contributed by atoms with E-state index in [1.54, 1.807) is 12.4 Å². The summed E-state index contributed by atoms with van der Waals surface area (Å²) in [7, 11) is 0. The van der Waals surface area contributed by atoms with Gasteiger partial charge in [-0.2, -0.15) is 5.10 Å². The minimum absolute atomic E-state index is 0.288. The van der Waals surface area contributed by atoms with Crippen LogP contribution in [0.4, 0.5) is 14.5 Å². The molecule has 0 spiro atoms. The van der Waals surface area contributed by atoms with E-state index < -0.39 is 11.6 Å². The molecule has 3 aromatic rings. The first-order valence-electron chi connectivity index (χ1n) is 6.27. The molecule has 0 fully saturated rings. The number of nitrogens with two attached hydrogens (primary N) is 1. The van der Waals surface area contributed by atoms with Crippen molar-refractivity contribution in [2.24, 2.45) is 0 Å². The second kappa shape index (κ2) is 4.97. The summed E-state index contributed by atoms with van der Waals surface area (Å²) in [6, 6.07) is 6.88. The number of anilines is 1. The number of halogens is 2. The van der Waals surface area contributed by atoms with Gasteiger partial charge in [0.15, 0.2) is 5.82 Å². The lowest BCUT2D eigenvalue weighted by molar-refractivity contribution is 0.584. The Kier molecular flexibility index (Phi) is 3.13. The van der Waals surface area contributed by atoms with Crippen molar-refractivity contribution in [2.45, 2.75) is 6.92 Å². The highest BCUT2D eigenvalue weighted by molar-refractivity contribution is 5.72. The van der Waals surface area contributed by atoms with Gasteiger partial charge in [-0.1, -0.05) is 0 Å². The monoisotopic (exact) mass is 286 g/mol. The van der Waals surface area contributed by atoms with Gasteiger partial charge in [-0.3, -0.25) is 0 Å². The van der Waals surface area contributed by atoms with Crippen LogP contribution in [0.25, 0.3) is 17.1 Å². The molecule has 0 aliphatic carbocycles. The Morgan fingerprint density at radius 2 is 1.81 bits per heavy atom. The van der Waals surface area contributed by atoms with E-state index in [0.717, 1.165) is 11.6 Å². The van der Waals surface area contributed by atoms with E-state index in [-0.39, 0.29) is 5.56 Å². The molecule has 106 valence electrons. The maximum absolute atomic E-state index is 13.3. The van der Waals surface area contributed by atoms with E-state index in [1.807, 2.05) is 19.1 Å². The molecule has 3 rings (SSSR count). The third-order valence-electron chi connectivity index (χ3n) is 3.01. The fourth-order valence-corrected chi connectivity index (χ4v) is 2.07. The van der Waals surface area contributed by atoms with Crippen LogP contribution in [0.15, 0.2) is 42.7 Å². The molecule has 2 N–H and O–H groups in total. The minimum atomic E-state index is -0.673. The summed E-state index contributed by atoms with van der Waals surface area (Å²) < 4.78 is 28.1. The van der Waals surface area contributed by atoms with E-state index in [2.05, 4.69) is 10.1 Å². The third kappa shape index (κ3) is 2.60. The topological polar surface area (TPSA) is 56.7 Å². The number of aryl methyl sites for hydroxylation is 1. The predicted molar refractivity (Wildman–Crippen MR) is 75.9 cm³/mol. The standard InChI is InChI=1S/C15H12F2N4/c1-9-2-3-19-14(4-9)21-8-13(18)15(20-21)10-5-11(16)7-12(17)6-10/h2-8H,18H2,1H3. The van der Waals surface area contributed by atoms with Gasteiger partial charge in [0, 0.05) is 17.8 Å². The second-order valence-corrected chi connectivity index (χ2v) is 4.73. The highest BCUT2D eigenvalue weighted by Gasteiger charge is 2.12. The van der Waals surface area contributed by atoms with Crippen LogP contribution in [0.1, 0.15) is 5.56 Å². The minimum Gasteiger partial charge on any atom is -0.396 e. The van der Waals surface area contributed by atoms with E-state index in [1.165, 1.54) is 16.8 Å². The Morgan fingerprint density at radius 1 is 1.10 bits per heavy atom. The first kappa shape index (κ1) is 13.2. The second-order valence-electron chi connectivity index (χ2n) is 4.73. The molecule has 2 heterocycles. The first-order valence-corrected chi connectivity index (χ1v) is 6.27. The molecule has 2 aromatic heterocycles. The Labute approximate surface area is 119 Å². The largest absolute Gasteiger partial charge is 0.396 e. The molecule has 1 aromatic carbocycles. The lowest BCUT2D eigenvalue weighted by Crippen LogP contribution is -1.98. The van der Waals surface area contributed by atoms with Gasteiger partial charge in [0.05, 0.1) is 11.9 Å². The third-order valence-corrected chi connectivity index (χ3v) is 3.01. The highest BCUT2D eigenvalue weighted by Crippen LogP contribution is 2.26. The Bertz CT molecular complexity index is 791. The molecule has 21 heavy (non-hydrogen) atoms. The van der Waals surface area contributed by atoms with Gasteiger partial charge in [0.2, 0.25) is 0 Å². The molecule has 0 amide bonds. The van der Waals surface area contributed by atoms with Gasteiger partial charge in [-0.05, 0) is 36.8 Å². The number of benzene rings is 1. The molecule has 0 saturated carbocycles. The van der Waals surface area contributed by atoms with E-state index in [9.17, 15) is 8.78 Å². The molecule has 6 heteroatoms. The molecule has 0 saturated heterocycles. The maximum Gasteiger partial charge on any atom is 0.153 e. The first-order chi connectivity index (χ1) is 10.0. The molecule has 0 bridgehead atoms. The van der Waals surface area contributed by atoms with Crippen LogP contribution in [0, 0.1) is 18.6 Å². The van der Waals surface area contributed by atoms with Gasteiger partial charge in [-0.25, -0.2) is 18.4 Å². The quantitative estimate of drug-likeness (QED) is 0.787. The van der Waals surface area contributed by atoms with Crippen molar-refractivity contribution < 1.29 is 8.78 Å². The highest BCUT2D eigenvalue weighted by atomic mass is 19.1. The zero-order chi connectivity index (χ0) is 15.0. The van der Waals surface area contributed by atoms with Gasteiger partial charge in [0.1, 0.15) is 17.3 Å². The normalized spacial score (nSPS) is 10.8. The van der Waals surface area contributed by atoms with E-state index >= 15 is 0 Å². The number of rotatable bonds is 2. The van der Waals surface area contributed by atoms with Crippen LogP contribution < -0.4 is 5.73 Å². The zero-order valence-electron chi connectivity index (χ0n) is 11.2. The lowest BCUT2D eigenvalue weighted by atomic mass is 10.1. The van der Waals surface area contributed by atoms with Crippen molar-refractivity contribution in [3.8, 4) is 17.1 Å². The lowest BCUT2D eigenvalue weighted by Gasteiger charge is -2.01. The number of nitrogens with zero attached hydrogens (tertiary/aromatic N) is 3. The van der Waals surface area contributed by atoms with Crippen molar-refractivity contribution >= 4 is 5.69 Å². The van der Waals surface area contributed by atoms with E-state index in [0.29, 0.717) is 17.2 Å². The Hall–Kier alpha value is -2.76. The number of pyridine rings is 1. The Morgan fingerprint density at radius 3 is 2.48 bits per heavy atom. The molecule has 0 atom stereocenters. The summed E-state index contributed by atoms with van der Waals surface area (Å²) >= 11 is 0. The molecular formula is C15H12F2N4. The number of hydrogen-bond donors (Lipinski definition) is 1. The molecular weight excluding hydrogens is 274 g/mol. The smallest absolute Gasteiger partial charge is 0.153 e. The van der Waals surface area contributed by atoms with Gasteiger partial charge in [-0.15, -0.1) is 0 Å². The van der Waals surface area contributed by atoms with Crippen LogP contribution in [-0.2, 0) is 0 Å². The van der Waals surface area contributed by atoms with Crippen molar-refractivity contribution in [1.29, 1.82) is 0 Å². The number of hydrogen-bond acceptors (Lipinski definition) is 3. The number of nitrogen functional groups attached to an aromatic ring is 1. The van der Waals surface area contributed by atoms with Gasteiger partial charge in [0.25, 0.3) is 0 Å². The molecule has 4 nitrogen and oxygen atoms in total. The summed E-state index contributed by atoms with van der Waals surface area (Å²) in [4.78, 5) is 4.19. The summed E-state index contributed by atoms with van der Waals surface area (Å²) in [6.07, 6.45) is 3.23. The summed E-state index contributed by atoms with van der Waals surface area (Å²) in [5.41, 5.74) is 7.84. The summed E-state index contributed by atoms with van der Waals surface area (Å²) in [6.45, 7) is 1.93. The van der Waals surface area contributed by atoms with Gasteiger partial charge < -0.3 is 5.73 Å². The summed E-state index contributed by atoms with van der Waals surface area (Å²) in [5.74, 6) is -0.759. The molecule has 0 radical (unpaired) electrons. The van der Waals surface area contributed by atoms with Crippen LogP contribution >= 0.6 is 0 Å². The van der Waals surface area contributed by atoms with Crippen molar-refractivity contribution in [2.75, 3.05) is 5.73 Å². The molecule has 0 aliphatic rings. The molecule has 0 unspecified atom stereocenters. The van der Waals surface area contributed by atoms with Crippen LogP contribution in [0.2, 0.25) is 0 Å². The van der Waals surface area contributed by atoms with Crippen molar-refractivity contribution in [1.82, 2.24) is 14.8 Å². The average Bonchev–Trinajstić information content (AvgIpc) is 2.80. The van der Waals surface area contributed by atoms with Crippen LogP contribution in [-0.4, -0.2) is 14.8 Å². The van der Waals surface area contributed by atoms with Crippen LogP contribution in [0.5, 0.6) is 0 Å². The van der Waals surface area contributed by atoms with Crippen molar-refractivity contribution in [3.05, 3.63) is 59.9 Å². The zero-order valence-corrected chi connectivity index (χ0v) is 11.2. The van der Waals surface area contributed by atoms with Crippen LogP contribution in [0.3, 0.4) is 0 Å². The SMILES string of the molecule is Cc1ccnc(-n2cc(N)c(-c3cc(F)cc(F)c3)n2)c1.